The molecule has 0 aromatic rings. The molecular weight excluding hydrogens is 264 g/mol. The monoisotopic (exact) mass is 290 g/mol. The molecule has 1 aliphatic rings. The van der Waals surface area contributed by atoms with E-state index in [0.717, 1.165) is 25.7 Å². The predicted octanol–water partition coefficient (Wildman–Crippen LogP) is 1.50. The van der Waals surface area contributed by atoms with Gasteiger partial charge in [-0.25, -0.2) is 13.1 Å². The first-order valence-electron chi connectivity index (χ1n) is 7.21. The zero-order valence-electron chi connectivity index (χ0n) is 12.0. The number of hydrogen-bond donors (Lipinski definition) is 1. The topological polar surface area (TPSA) is 66.5 Å². The van der Waals surface area contributed by atoms with Crippen LogP contribution in [0.25, 0.3) is 0 Å². The summed E-state index contributed by atoms with van der Waals surface area (Å²) in [5.41, 5.74) is 0. The van der Waals surface area contributed by atoms with Gasteiger partial charge in [0.25, 0.3) is 0 Å². The Morgan fingerprint density at radius 3 is 2.26 bits per heavy atom. The molecule has 0 aliphatic heterocycles. The predicted molar refractivity (Wildman–Crippen MR) is 76.3 cm³/mol. The van der Waals surface area contributed by atoms with Crippen molar-refractivity contribution in [3.8, 4) is 0 Å². The van der Waals surface area contributed by atoms with E-state index in [2.05, 4.69) is 4.72 Å². The minimum absolute atomic E-state index is 0.0441. The molecule has 0 bridgehead atoms. The van der Waals surface area contributed by atoms with Crippen LogP contribution in [0.15, 0.2) is 0 Å². The lowest BCUT2D eigenvalue weighted by Crippen LogP contribution is -2.43. The maximum Gasteiger partial charge on any atom is 0.219 e. The van der Waals surface area contributed by atoms with Crippen LogP contribution in [0.1, 0.15) is 52.4 Å². The van der Waals surface area contributed by atoms with Crippen LogP contribution in [-0.4, -0.2) is 44.1 Å². The van der Waals surface area contributed by atoms with Crippen LogP contribution in [-0.2, 0) is 14.8 Å². The van der Waals surface area contributed by atoms with E-state index >= 15 is 0 Å². The van der Waals surface area contributed by atoms with Crippen molar-refractivity contribution in [2.75, 3.05) is 18.8 Å². The molecule has 19 heavy (non-hydrogen) atoms. The van der Waals surface area contributed by atoms with Gasteiger partial charge in [-0.15, -0.1) is 0 Å². The first kappa shape index (κ1) is 16.4. The Morgan fingerprint density at radius 1 is 1.21 bits per heavy atom. The quantitative estimate of drug-likeness (QED) is 0.754. The molecule has 0 unspecified atom stereocenters. The largest absolute Gasteiger partial charge is 0.339 e. The molecular formula is C13H26N2O3S. The molecule has 0 aromatic heterocycles. The fourth-order valence-corrected chi connectivity index (χ4v) is 3.20. The highest BCUT2D eigenvalue weighted by atomic mass is 32.2. The van der Waals surface area contributed by atoms with Crippen molar-refractivity contribution in [1.29, 1.82) is 0 Å². The Kier molecular flexibility index (Phi) is 6.79. The van der Waals surface area contributed by atoms with Crippen LogP contribution in [0.5, 0.6) is 0 Å². The van der Waals surface area contributed by atoms with E-state index in [1.807, 2.05) is 4.90 Å². The van der Waals surface area contributed by atoms with Crippen molar-refractivity contribution in [2.24, 2.45) is 0 Å². The highest BCUT2D eigenvalue weighted by Crippen LogP contribution is 2.21. The molecule has 0 heterocycles. The average molecular weight is 290 g/mol. The fourth-order valence-electron chi connectivity index (χ4n) is 2.59. The molecule has 1 fully saturated rings. The van der Waals surface area contributed by atoms with Crippen molar-refractivity contribution in [1.82, 2.24) is 9.62 Å². The van der Waals surface area contributed by atoms with Gasteiger partial charge >= 0.3 is 0 Å². The van der Waals surface area contributed by atoms with Crippen molar-refractivity contribution < 1.29 is 13.2 Å². The maximum atomic E-state index is 11.7. The SMILES string of the molecule is CCS(=O)(=O)NCCN(C(C)=O)C1CCCCCC1. The van der Waals surface area contributed by atoms with Crippen molar-refractivity contribution in [3.63, 3.8) is 0 Å². The van der Waals surface area contributed by atoms with E-state index in [0.29, 0.717) is 13.1 Å². The summed E-state index contributed by atoms with van der Waals surface area (Å²) in [7, 11) is -3.17. The third-order valence-corrected chi connectivity index (χ3v) is 5.13. The van der Waals surface area contributed by atoms with E-state index < -0.39 is 10.0 Å². The second kappa shape index (κ2) is 7.85. The van der Waals surface area contributed by atoms with Crippen LogP contribution >= 0.6 is 0 Å². The van der Waals surface area contributed by atoms with Gasteiger partial charge in [0.15, 0.2) is 0 Å². The number of carbonyl (C=O) groups excluding carboxylic acids is 1. The highest BCUT2D eigenvalue weighted by Gasteiger charge is 2.22. The summed E-state index contributed by atoms with van der Waals surface area (Å²) < 4.78 is 25.3. The summed E-state index contributed by atoms with van der Waals surface area (Å²) in [6.07, 6.45) is 6.89. The van der Waals surface area contributed by atoms with Crippen molar-refractivity contribution >= 4 is 15.9 Å². The van der Waals surface area contributed by atoms with Gasteiger partial charge in [0.2, 0.25) is 15.9 Å². The summed E-state index contributed by atoms with van der Waals surface area (Å²) >= 11 is 0. The molecule has 0 spiro atoms. The number of rotatable bonds is 6. The van der Waals surface area contributed by atoms with E-state index in [1.54, 1.807) is 13.8 Å². The van der Waals surface area contributed by atoms with E-state index in [9.17, 15) is 13.2 Å². The number of nitrogens with zero attached hydrogens (tertiary/aromatic N) is 1. The Hall–Kier alpha value is -0.620. The fraction of sp³-hybridized carbons (Fsp3) is 0.923. The number of amides is 1. The molecule has 1 aliphatic carbocycles. The van der Waals surface area contributed by atoms with Crippen LogP contribution in [0.3, 0.4) is 0 Å². The van der Waals surface area contributed by atoms with Crippen LogP contribution in [0, 0.1) is 0 Å². The molecule has 1 amide bonds. The molecule has 112 valence electrons. The number of carbonyl (C=O) groups is 1. The lowest BCUT2D eigenvalue weighted by molar-refractivity contribution is -0.131. The summed E-state index contributed by atoms with van der Waals surface area (Å²) in [6.45, 7) is 3.96. The molecule has 0 radical (unpaired) electrons. The Morgan fingerprint density at radius 2 is 1.79 bits per heavy atom. The summed E-state index contributed by atoms with van der Waals surface area (Å²) in [4.78, 5) is 13.6. The number of nitrogens with one attached hydrogen (secondary N) is 1. The molecule has 1 N–H and O–H groups in total. The maximum absolute atomic E-state index is 11.7. The molecule has 1 rings (SSSR count). The van der Waals surface area contributed by atoms with Gasteiger partial charge in [-0.3, -0.25) is 4.79 Å². The first-order valence-corrected chi connectivity index (χ1v) is 8.86. The summed E-state index contributed by atoms with van der Waals surface area (Å²) in [5.74, 6) is 0.124. The standard InChI is InChI=1S/C13H26N2O3S/c1-3-19(17,18)14-10-11-15(12(2)16)13-8-6-4-5-7-9-13/h13-14H,3-11H2,1-2H3. The van der Waals surface area contributed by atoms with Gasteiger partial charge in [-0.05, 0) is 19.8 Å². The van der Waals surface area contributed by atoms with Gasteiger partial charge < -0.3 is 4.90 Å². The van der Waals surface area contributed by atoms with Gasteiger partial charge in [0, 0.05) is 26.1 Å². The molecule has 1 saturated carbocycles. The summed E-state index contributed by atoms with van der Waals surface area (Å²) in [6, 6.07) is 0.283. The molecule has 6 heteroatoms. The van der Waals surface area contributed by atoms with Gasteiger partial charge in [-0.2, -0.15) is 0 Å². The van der Waals surface area contributed by atoms with Crippen molar-refractivity contribution in [2.45, 2.75) is 58.4 Å². The van der Waals surface area contributed by atoms with Crippen LogP contribution in [0.2, 0.25) is 0 Å². The Labute approximate surface area is 116 Å². The lowest BCUT2D eigenvalue weighted by Gasteiger charge is -2.30. The number of sulfonamides is 1. The smallest absolute Gasteiger partial charge is 0.219 e. The third kappa shape index (κ3) is 5.91. The van der Waals surface area contributed by atoms with Gasteiger partial charge in [-0.1, -0.05) is 25.7 Å². The van der Waals surface area contributed by atoms with E-state index in [4.69, 9.17) is 0 Å². The number of hydrogen-bond acceptors (Lipinski definition) is 3. The second-order valence-corrected chi connectivity index (χ2v) is 7.25. The minimum Gasteiger partial charge on any atom is -0.339 e. The lowest BCUT2D eigenvalue weighted by atomic mass is 10.1. The Bertz CT molecular complexity index is 373. The van der Waals surface area contributed by atoms with Crippen LogP contribution < -0.4 is 4.72 Å². The van der Waals surface area contributed by atoms with E-state index in [-0.39, 0.29) is 17.7 Å². The average Bonchev–Trinajstić information content (AvgIpc) is 2.63. The van der Waals surface area contributed by atoms with Crippen molar-refractivity contribution in [3.05, 3.63) is 0 Å². The zero-order valence-corrected chi connectivity index (χ0v) is 12.8. The third-order valence-electron chi connectivity index (χ3n) is 3.72. The van der Waals surface area contributed by atoms with E-state index in [1.165, 1.54) is 12.8 Å². The molecule has 0 aromatic carbocycles. The first-order chi connectivity index (χ1) is 8.96. The molecule has 0 saturated heterocycles. The highest BCUT2D eigenvalue weighted by molar-refractivity contribution is 7.89. The Balaban J connectivity index is 2.50. The van der Waals surface area contributed by atoms with Gasteiger partial charge in [0.1, 0.15) is 0 Å². The minimum atomic E-state index is -3.17. The molecule has 0 atom stereocenters. The molecule has 5 nitrogen and oxygen atoms in total. The van der Waals surface area contributed by atoms with Crippen LogP contribution in [0.4, 0.5) is 0 Å². The summed E-state index contributed by atoms with van der Waals surface area (Å²) in [5, 5.41) is 0. The normalized spacial score (nSPS) is 18.0. The zero-order chi connectivity index (χ0) is 14.3. The second-order valence-electron chi connectivity index (χ2n) is 5.16. The van der Waals surface area contributed by atoms with Gasteiger partial charge in [0.05, 0.1) is 5.75 Å².